The minimum Gasteiger partial charge on any atom is -0.443 e. The number of aliphatic imine (C=N–C) groups is 1. The van der Waals surface area contributed by atoms with Crippen LogP contribution in [0.15, 0.2) is 35.6 Å². The fraction of sp³-hybridized carbons (Fsp3) is 0.391. The maximum Gasteiger partial charge on any atom is 0.428 e. The highest BCUT2D eigenvalue weighted by Crippen LogP contribution is 2.51. The van der Waals surface area contributed by atoms with Crippen LogP contribution in [0.3, 0.4) is 0 Å². The van der Waals surface area contributed by atoms with E-state index in [0.29, 0.717) is 17.5 Å². The number of halogens is 3. The Hall–Kier alpha value is -2.53. The molecule has 3 rings (SSSR count). The Morgan fingerprint density at radius 3 is 2.62 bits per heavy atom. The maximum atomic E-state index is 14.6. The smallest absolute Gasteiger partial charge is 0.428 e. The van der Waals surface area contributed by atoms with Crippen LogP contribution in [-0.4, -0.2) is 43.4 Å². The molecule has 2 atom stereocenters. The van der Waals surface area contributed by atoms with Crippen LogP contribution < -0.4 is 0 Å². The van der Waals surface area contributed by atoms with Crippen molar-refractivity contribution in [3.8, 4) is 0 Å². The molecular weight excluding hydrogens is 485 g/mol. The summed E-state index contributed by atoms with van der Waals surface area (Å²) >= 11 is 0.842. The number of amidine groups is 1. The van der Waals surface area contributed by atoms with E-state index in [0.717, 1.165) is 21.6 Å². The van der Waals surface area contributed by atoms with Gasteiger partial charge in [0.25, 0.3) is 0 Å². The van der Waals surface area contributed by atoms with Gasteiger partial charge in [0.15, 0.2) is 17.5 Å². The summed E-state index contributed by atoms with van der Waals surface area (Å²) < 4.78 is 48.5. The molecule has 6 nitrogen and oxygen atoms in total. The molecule has 1 saturated carbocycles. The fourth-order valence-corrected chi connectivity index (χ4v) is 4.65. The Morgan fingerprint density at radius 1 is 1.29 bits per heavy atom. The Labute approximate surface area is 205 Å². The van der Waals surface area contributed by atoms with Crippen molar-refractivity contribution >= 4 is 47.3 Å². The second kappa shape index (κ2) is 10.8. The highest BCUT2D eigenvalue weighted by atomic mass is 32.2. The molecule has 2 aromatic rings. The van der Waals surface area contributed by atoms with E-state index in [1.807, 2.05) is 6.92 Å². The van der Waals surface area contributed by atoms with E-state index in [9.17, 15) is 17.5 Å². The standard InChI is InChI=1S/C23H25F3N4O2S2/c1-13-6-7-18(28-11-13)17(24)9-14-8-16(20(25)29-12-14)15-10-19(15)33-21(27-5)30(34-26)22(31)32-23(2,3)4/h6-9,11-12,15,19H,10H2,1-5H3/b17-9+,27-21?. The molecule has 34 heavy (non-hydrogen) atoms. The lowest BCUT2D eigenvalue weighted by Crippen LogP contribution is -2.35. The van der Waals surface area contributed by atoms with Crippen molar-refractivity contribution in [3.05, 3.63) is 58.9 Å². The molecular formula is C23H25F3N4O2S2. The van der Waals surface area contributed by atoms with Gasteiger partial charge in [0.1, 0.15) is 11.4 Å². The predicted molar refractivity (Wildman–Crippen MR) is 131 cm³/mol. The van der Waals surface area contributed by atoms with Gasteiger partial charge in [-0.15, -0.1) is 3.89 Å². The summed E-state index contributed by atoms with van der Waals surface area (Å²) in [5, 5.41) is -0.0508. The minimum absolute atomic E-state index is 0.107. The van der Waals surface area contributed by atoms with E-state index >= 15 is 0 Å². The largest absolute Gasteiger partial charge is 0.443 e. The molecule has 1 aliphatic rings. The molecule has 182 valence electrons. The zero-order valence-corrected chi connectivity index (χ0v) is 21.0. The lowest BCUT2D eigenvalue weighted by atomic mass is 10.1. The number of amides is 1. The molecule has 0 spiro atoms. The monoisotopic (exact) mass is 510 g/mol. The number of aromatic nitrogens is 2. The van der Waals surface area contributed by atoms with E-state index in [1.165, 1.54) is 19.3 Å². The Balaban J connectivity index is 1.73. The lowest BCUT2D eigenvalue weighted by molar-refractivity contribution is 0.0474. The predicted octanol–water partition coefficient (Wildman–Crippen LogP) is 6.74. The molecule has 2 heterocycles. The van der Waals surface area contributed by atoms with Gasteiger partial charge in [0.2, 0.25) is 5.95 Å². The van der Waals surface area contributed by atoms with Crippen LogP contribution in [0, 0.1) is 12.9 Å². The molecule has 2 unspecified atom stereocenters. The number of nitrogens with zero attached hydrogens (tertiary/aromatic N) is 4. The molecule has 11 heteroatoms. The first kappa shape index (κ1) is 26.1. The van der Waals surface area contributed by atoms with Gasteiger partial charge in [-0.05, 0) is 63.5 Å². The number of thioether (sulfide) groups is 1. The van der Waals surface area contributed by atoms with Crippen LogP contribution in [0.1, 0.15) is 55.5 Å². The van der Waals surface area contributed by atoms with E-state index in [2.05, 4.69) is 15.0 Å². The van der Waals surface area contributed by atoms with Gasteiger partial charge in [-0.25, -0.2) is 14.2 Å². The van der Waals surface area contributed by atoms with Crippen molar-refractivity contribution in [1.29, 1.82) is 0 Å². The van der Waals surface area contributed by atoms with Crippen LogP contribution in [0.4, 0.5) is 17.5 Å². The van der Waals surface area contributed by atoms with Crippen LogP contribution in [0.2, 0.25) is 0 Å². The minimum atomic E-state index is -0.884. The average Bonchev–Trinajstić information content (AvgIpc) is 3.53. The Bertz CT molecular complexity index is 1100. The molecule has 0 N–H and O–H groups in total. The highest BCUT2D eigenvalue weighted by Gasteiger charge is 2.43. The number of hydrogen-bond donors (Lipinski definition) is 0. The molecule has 0 aromatic carbocycles. The molecule has 1 aliphatic carbocycles. The molecule has 0 aliphatic heterocycles. The quantitative estimate of drug-likeness (QED) is 0.192. The highest BCUT2D eigenvalue weighted by molar-refractivity contribution is 8.15. The number of rotatable bonds is 5. The van der Waals surface area contributed by atoms with Gasteiger partial charge >= 0.3 is 6.09 Å². The first-order chi connectivity index (χ1) is 16.0. The van der Waals surface area contributed by atoms with Crippen molar-refractivity contribution in [3.63, 3.8) is 0 Å². The Morgan fingerprint density at radius 2 is 2.03 bits per heavy atom. The molecule has 1 amide bonds. The first-order valence-electron chi connectivity index (χ1n) is 10.4. The summed E-state index contributed by atoms with van der Waals surface area (Å²) in [6.07, 6.45) is 3.75. The van der Waals surface area contributed by atoms with Gasteiger partial charge in [-0.1, -0.05) is 17.8 Å². The number of carbonyl (C=O) groups is 1. The van der Waals surface area contributed by atoms with Gasteiger partial charge in [-0.2, -0.15) is 8.70 Å². The zero-order chi connectivity index (χ0) is 25.0. The molecule has 2 aromatic heterocycles. The summed E-state index contributed by atoms with van der Waals surface area (Å²) in [7, 11) is 1.43. The third-order valence-electron chi connectivity index (χ3n) is 4.72. The van der Waals surface area contributed by atoms with Crippen LogP contribution in [0.25, 0.3) is 11.9 Å². The van der Waals surface area contributed by atoms with Crippen molar-refractivity contribution in [2.45, 2.75) is 50.9 Å². The van der Waals surface area contributed by atoms with E-state index in [-0.39, 0.29) is 34.4 Å². The number of ether oxygens (including phenoxy) is 1. The van der Waals surface area contributed by atoms with E-state index in [4.69, 9.17) is 4.74 Å². The Kier molecular flexibility index (Phi) is 8.29. The third kappa shape index (κ3) is 6.75. The summed E-state index contributed by atoms with van der Waals surface area (Å²) in [4.78, 5) is 24.1. The summed E-state index contributed by atoms with van der Waals surface area (Å²) in [5.74, 6) is -1.46. The number of aryl methyl sites for hydroxylation is 1. The van der Waals surface area contributed by atoms with E-state index < -0.39 is 23.5 Å². The van der Waals surface area contributed by atoms with Gasteiger partial charge < -0.3 is 4.74 Å². The number of pyridine rings is 2. The first-order valence-corrected chi connectivity index (χ1v) is 12.0. The number of hydrogen-bond acceptors (Lipinski definition) is 7. The average molecular weight is 511 g/mol. The van der Waals surface area contributed by atoms with Crippen LogP contribution >= 0.6 is 24.1 Å². The van der Waals surface area contributed by atoms with Crippen molar-refractivity contribution in [2.24, 2.45) is 4.99 Å². The fourth-order valence-electron chi connectivity index (χ4n) is 3.05. The topological polar surface area (TPSA) is 67.7 Å². The molecule has 1 fully saturated rings. The van der Waals surface area contributed by atoms with Gasteiger partial charge in [-0.3, -0.25) is 9.98 Å². The summed E-state index contributed by atoms with van der Waals surface area (Å²) in [6.45, 7) is 6.88. The van der Waals surface area contributed by atoms with Crippen LogP contribution in [0.5, 0.6) is 0 Å². The van der Waals surface area contributed by atoms with Crippen molar-refractivity contribution < 1.29 is 22.2 Å². The second-order valence-corrected chi connectivity index (χ2v) is 10.4. The SMILES string of the molecule is CN=C(SC1CC1c1cc(/C=C(/F)c2ccc(C)cn2)cnc1F)N(SF)C(=O)OC(C)(C)C. The summed E-state index contributed by atoms with van der Waals surface area (Å²) in [5.41, 5.74) is 0.995. The van der Waals surface area contributed by atoms with Crippen LogP contribution in [-0.2, 0) is 4.74 Å². The molecule has 0 saturated heterocycles. The van der Waals surface area contributed by atoms with E-state index in [1.54, 1.807) is 45.2 Å². The zero-order valence-electron chi connectivity index (χ0n) is 19.4. The third-order valence-corrected chi connectivity index (χ3v) is 6.69. The molecule has 0 radical (unpaired) electrons. The van der Waals surface area contributed by atoms with Gasteiger partial charge in [0, 0.05) is 36.2 Å². The van der Waals surface area contributed by atoms with Crippen molar-refractivity contribution in [1.82, 2.24) is 14.3 Å². The maximum absolute atomic E-state index is 14.6. The molecule has 0 bridgehead atoms. The van der Waals surface area contributed by atoms with Crippen molar-refractivity contribution in [2.75, 3.05) is 7.05 Å². The summed E-state index contributed by atoms with van der Waals surface area (Å²) in [6, 6.07) is 4.86. The normalized spacial score (nSPS) is 18.6. The lowest BCUT2D eigenvalue weighted by Gasteiger charge is -2.24. The second-order valence-electron chi connectivity index (χ2n) is 8.71. The van der Waals surface area contributed by atoms with Gasteiger partial charge in [0.05, 0.1) is 5.69 Å². The number of carbonyl (C=O) groups excluding carboxylic acids is 1.